The summed E-state index contributed by atoms with van der Waals surface area (Å²) in [6.45, 7) is 80.1. The van der Waals surface area contributed by atoms with Gasteiger partial charge in [0.25, 0.3) is 0 Å². The van der Waals surface area contributed by atoms with E-state index < -0.39 is 0 Å². The van der Waals surface area contributed by atoms with E-state index in [1.807, 2.05) is 251 Å². The van der Waals surface area contributed by atoms with Crippen LogP contribution in [0.5, 0.6) is 5.88 Å². The SMILES string of the molecule is COc1nc(C)nc(C)c1C.Cc1cc(C)c(C)c(C)n1.Cc1cc(C)c(C)nc1C.Cc1cc(C)c(C)nc1C.Cc1cc(C)c(C)o1.Cc1ccc(C)c(C)n1.Cc1cn(C)c(C)n1.Cc1nc(C)c(C)o1.Cc1nc(C)c(C)o1.Cc1nc(C)c(C)s1.Cc1nc(C)c(C)s1.Cc1nc(C)n(C)n1.Cc1ncc(C)c(C)n1. The molecule has 0 spiro atoms. The van der Waals surface area contributed by atoms with Gasteiger partial charge in [0.05, 0.1) is 45.6 Å². The van der Waals surface area contributed by atoms with Gasteiger partial charge in [0.1, 0.15) is 52.2 Å². The fourth-order valence-corrected chi connectivity index (χ4v) is 11.6. The van der Waals surface area contributed by atoms with Crippen molar-refractivity contribution in [1.29, 1.82) is 0 Å². The molecule has 23 heteroatoms. The first-order chi connectivity index (χ1) is 53.3. The lowest BCUT2D eigenvalue weighted by Crippen LogP contribution is -1.99. The van der Waals surface area contributed by atoms with E-state index in [1.165, 1.54) is 75.7 Å². The van der Waals surface area contributed by atoms with Crippen molar-refractivity contribution in [3.63, 3.8) is 0 Å². The topological polar surface area (TPSA) is 252 Å². The number of thiazole rings is 2. The van der Waals surface area contributed by atoms with Crippen LogP contribution >= 0.6 is 22.7 Å². The van der Waals surface area contributed by atoms with Crippen LogP contribution in [0.4, 0.5) is 0 Å². The summed E-state index contributed by atoms with van der Waals surface area (Å²) in [7, 11) is 5.50. The zero-order valence-electron chi connectivity index (χ0n) is 78.2. The number of aryl methyl sites for hydroxylation is 40. The number of hydrogen-bond acceptors (Lipinski definition) is 21. The molecule has 0 radical (unpaired) electrons. The molecule has 0 fully saturated rings. The Labute approximate surface area is 698 Å². The molecular formula is C92H137N17O4S2. The molecule has 0 bridgehead atoms. The van der Waals surface area contributed by atoms with Crippen LogP contribution in [0.2, 0.25) is 0 Å². The van der Waals surface area contributed by atoms with Gasteiger partial charge in [-0.15, -0.1) is 22.7 Å². The minimum atomic E-state index is 0.676. The fraction of sp³-hybridized carbons (Fsp3) is 0.467. The molecule has 13 aromatic heterocycles. The Bertz CT molecular complexity index is 4340. The zero-order valence-corrected chi connectivity index (χ0v) is 79.8. The summed E-state index contributed by atoms with van der Waals surface area (Å²) in [5.74, 6) is 10.5. The molecule has 0 unspecified atom stereocenters. The molecule has 21 nitrogen and oxygen atoms in total. The van der Waals surface area contributed by atoms with Crippen molar-refractivity contribution in [2.24, 2.45) is 14.1 Å². The Hall–Kier alpha value is -10.1. The monoisotopic (exact) mass is 1610 g/mol. The number of pyridine rings is 4. The van der Waals surface area contributed by atoms with E-state index in [1.54, 1.807) is 34.5 Å². The first kappa shape index (κ1) is 103. The summed E-state index contributed by atoms with van der Waals surface area (Å²) in [5, 5.41) is 6.35. The fourth-order valence-electron chi connectivity index (χ4n) is 9.99. The molecular weight excluding hydrogens is 1470 g/mol. The number of nitrogens with zero attached hydrogens (tertiary/aromatic N) is 17. The van der Waals surface area contributed by atoms with Gasteiger partial charge in [-0.3, -0.25) is 24.6 Å². The van der Waals surface area contributed by atoms with Crippen molar-refractivity contribution in [1.82, 2.24) is 84.1 Å². The molecule has 0 amide bonds. The molecule has 0 aliphatic carbocycles. The van der Waals surface area contributed by atoms with E-state index >= 15 is 0 Å². The Morgan fingerprint density at radius 3 is 0.965 bits per heavy atom. The van der Waals surface area contributed by atoms with E-state index in [2.05, 4.69) is 168 Å². The van der Waals surface area contributed by atoms with Crippen LogP contribution in [0, 0.1) is 277 Å². The Balaban J connectivity index is 0.000000624. The van der Waals surface area contributed by atoms with Crippen molar-refractivity contribution in [2.75, 3.05) is 7.11 Å². The van der Waals surface area contributed by atoms with Gasteiger partial charge in [-0.05, 0) is 331 Å². The number of methoxy groups -OCH3 is 1. The predicted octanol–water partition coefficient (Wildman–Crippen LogP) is 22.8. The van der Waals surface area contributed by atoms with E-state index in [-0.39, 0.29) is 0 Å². The maximum atomic E-state index is 5.21. The molecule has 13 aromatic rings. The average Bonchev–Trinajstić information content (AvgIpc) is 1.85. The third-order valence-electron chi connectivity index (χ3n) is 18.4. The molecule has 0 atom stereocenters. The van der Waals surface area contributed by atoms with Crippen molar-refractivity contribution in [3.8, 4) is 5.88 Å². The van der Waals surface area contributed by atoms with E-state index in [0.29, 0.717) is 5.88 Å². The third kappa shape index (κ3) is 39.2. The van der Waals surface area contributed by atoms with Gasteiger partial charge in [-0.1, -0.05) is 18.2 Å². The summed E-state index contributed by atoms with van der Waals surface area (Å²) >= 11 is 3.52. The second-order valence-corrected chi connectivity index (χ2v) is 31.7. The van der Waals surface area contributed by atoms with E-state index in [9.17, 15) is 0 Å². The number of rotatable bonds is 1. The number of furan rings is 1. The van der Waals surface area contributed by atoms with Crippen LogP contribution in [-0.2, 0) is 14.1 Å². The van der Waals surface area contributed by atoms with E-state index in [0.717, 1.165) is 149 Å². The smallest absolute Gasteiger partial charge is 0.219 e. The highest BCUT2D eigenvalue weighted by atomic mass is 32.1. The highest BCUT2D eigenvalue weighted by Crippen LogP contribution is 2.19. The van der Waals surface area contributed by atoms with Crippen LogP contribution in [0.15, 0.2) is 62.0 Å². The van der Waals surface area contributed by atoms with E-state index in [4.69, 9.17) is 18.0 Å². The van der Waals surface area contributed by atoms with Crippen LogP contribution in [0.3, 0.4) is 0 Å². The number of hydrogen-bond donors (Lipinski definition) is 0. The molecule has 0 N–H and O–H groups in total. The molecule has 13 heterocycles. The molecule has 0 saturated carbocycles. The summed E-state index contributed by atoms with van der Waals surface area (Å²) in [6, 6.07) is 12.6. The Morgan fingerprint density at radius 1 is 0.304 bits per heavy atom. The maximum Gasteiger partial charge on any atom is 0.219 e. The highest BCUT2D eigenvalue weighted by Gasteiger charge is 2.07. The van der Waals surface area contributed by atoms with Crippen molar-refractivity contribution < 1.29 is 18.0 Å². The number of oxazole rings is 2. The number of ether oxygens (including phenoxy) is 1. The lowest BCUT2D eigenvalue weighted by molar-refractivity contribution is 0.391. The van der Waals surface area contributed by atoms with Gasteiger partial charge in [0.15, 0.2) is 11.8 Å². The Kier molecular flexibility index (Phi) is 45.0. The third-order valence-corrected chi connectivity index (χ3v) is 20.3. The van der Waals surface area contributed by atoms with Gasteiger partial charge in [0, 0.05) is 113 Å². The molecule has 0 aliphatic rings. The summed E-state index contributed by atoms with van der Waals surface area (Å²) in [5.41, 5.74) is 29.0. The number of imidazole rings is 1. The number of aromatic nitrogens is 17. The highest BCUT2D eigenvalue weighted by molar-refractivity contribution is 7.11. The standard InChI is InChI=1S/3C9H13N.C8H12N2O.C8H11N.C7H10N2.C7H10O.C6H10N2.2C6H9NO.2C6H9NS.C5H9N3/c1-6-5-7(2)10-9(4)8(6)3;2*1-6-5-7(2)9(4)10-8(6)3;1-5-6(2)9-7(3)10-8(5)11-4;1-6-4-5-7(2)9-8(6)3;1-5-4-8-7(3)9-6(5)2;1-5-4-6(2)8-7(5)3;1-5-4-8(3)6(2)7-5;4*1-4-5(2)8-6(3)7-4;1-4-6-5(2)8(3)7-4/h3*5H,1-4H3;1-4H3;4-5H,1-3H3;4H,1-3H3;2*4H,1-3H3;5*1-3H3. The molecule has 0 aliphatic heterocycles. The van der Waals surface area contributed by atoms with Gasteiger partial charge >= 0.3 is 0 Å². The summed E-state index contributed by atoms with van der Waals surface area (Å²) in [6.07, 6.45) is 3.85. The lowest BCUT2D eigenvalue weighted by atomic mass is 10.1. The van der Waals surface area contributed by atoms with Gasteiger partial charge in [-0.25, -0.2) is 44.9 Å². The normalized spacial score (nSPS) is 9.87. The summed E-state index contributed by atoms with van der Waals surface area (Å²) < 4.78 is 24.2. The van der Waals surface area contributed by atoms with Crippen LogP contribution < -0.4 is 4.74 Å². The van der Waals surface area contributed by atoms with Crippen molar-refractivity contribution in [3.05, 3.63) is 274 Å². The first-order valence-electron chi connectivity index (χ1n) is 38.5. The minimum Gasteiger partial charge on any atom is -0.481 e. The molecule has 115 heavy (non-hydrogen) atoms. The predicted molar refractivity (Wildman–Crippen MR) is 477 cm³/mol. The average molecular weight is 1610 g/mol. The Morgan fingerprint density at radius 2 is 0.730 bits per heavy atom. The molecule has 13 rings (SSSR count). The second kappa shape index (κ2) is 50.3. The first-order valence-corrected chi connectivity index (χ1v) is 40.2. The summed E-state index contributed by atoms with van der Waals surface area (Å²) in [4.78, 5) is 61.3. The minimum absolute atomic E-state index is 0.676. The largest absolute Gasteiger partial charge is 0.481 e. The molecule has 626 valence electrons. The second-order valence-electron chi connectivity index (χ2n) is 28.9. The lowest BCUT2D eigenvalue weighted by Gasteiger charge is -2.05. The van der Waals surface area contributed by atoms with Crippen molar-refractivity contribution >= 4 is 22.7 Å². The zero-order chi connectivity index (χ0) is 88.3. The quantitative estimate of drug-likeness (QED) is 0.148. The maximum absolute atomic E-state index is 5.21. The van der Waals surface area contributed by atoms with Crippen LogP contribution in [0.1, 0.15) is 225 Å². The van der Waals surface area contributed by atoms with Crippen LogP contribution in [0.25, 0.3) is 0 Å². The van der Waals surface area contributed by atoms with Gasteiger partial charge < -0.3 is 22.6 Å². The van der Waals surface area contributed by atoms with Crippen LogP contribution in [-0.4, -0.2) is 91.2 Å². The van der Waals surface area contributed by atoms with Gasteiger partial charge in [-0.2, -0.15) is 10.1 Å². The molecule has 0 aromatic carbocycles. The van der Waals surface area contributed by atoms with Gasteiger partial charge in [0.2, 0.25) is 5.88 Å². The van der Waals surface area contributed by atoms with Crippen molar-refractivity contribution in [2.45, 2.75) is 277 Å². The molecule has 0 saturated heterocycles.